The summed E-state index contributed by atoms with van der Waals surface area (Å²) in [6.45, 7) is 0. The molecule has 2 rings (SSSR count). The maximum atomic E-state index is 11.4. The number of anilines is 1. The molecule has 0 fully saturated rings. The van der Waals surface area contributed by atoms with Crippen molar-refractivity contribution < 1.29 is 39.5 Å². The molecule has 0 unspecified atom stereocenters. The second-order valence-electron chi connectivity index (χ2n) is 4.84. The van der Waals surface area contributed by atoms with Crippen molar-refractivity contribution in [2.45, 2.75) is 9.79 Å². The first kappa shape index (κ1) is 18.4. The lowest BCUT2D eigenvalue weighted by Crippen LogP contribution is -2.11. The summed E-state index contributed by atoms with van der Waals surface area (Å²) < 4.78 is 87.9. The van der Waals surface area contributed by atoms with E-state index in [-0.39, 0.29) is 10.8 Å². The van der Waals surface area contributed by atoms with Crippen molar-refractivity contribution in [2.24, 2.45) is 0 Å². The van der Waals surface area contributed by atoms with Crippen molar-refractivity contribution in [3.05, 3.63) is 24.3 Å². The molecule has 0 saturated heterocycles. The zero-order valence-corrected chi connectivity index (χ0v) is 14.3. The standard InChI is InChI=1S/C11H11NO9S3/c1-22(14,15)12-9-4-7(23(16,17)18)2-6-3-8(24(19,20)21)5-10(13)11(6)9/h2-5,12-13H,1H3,(H,16,17,18)(H,19,20,21). The number of hydrogen-bond acceptors (Lipinski definition) is 7. The lowest BCUT2D eigenvalue weighted by Gasteiger charge is -2.12. The molecule has 0 aliphatic carbocycles. The summed E-state index contributed by atoms with van der Waals surface area (Å²) in [7, 11) is -13.4. The molecule has 0 heterocycles. The molecule has 132 valence electrons. The van der Waals surface area contributed by atoms with Crippen molar-refractivity contribution in [1.82, 2.24) is 0 Å². The molecule has 13 heteroatoms. The van der Waals surface area contributed by atoms with E-state index in [2.05, 4.69) is 0 Å². The average molecular weight is 397 g/mol. The van der Waals surface area contributed by atoms with Crippen LogP contribution in [0.1, 0.15) is 0 Å². The largest absolute Gasteiger partial charge is 0.507 e. The molecule has 4 N–H and O–H groups in total. The highest BCUT2D eigenvalue weighted by Crippen LogP contribution is 2.36. The summed E-state index contributed by atoms with van der Waals surface area (Å²) in [5.41, 5.74) is -0.401. The predicted octanol–water partition coefficient (Wildman–Crippen LogP) is 0.410. The van der Waals surface area contributed by atoms with Crippen LogP contribution in [0.3, 0.4) is 0 Å². The van der Waals surface area contributed by atoms with Crippen LogP contribution in [0.25, 0.3) is 10.8 Å². The molecule has 2 aromatic rings. The first-order valence-corrected chi connectivity index (χ1v) is 10.7. The van der Waals surface area contributed by atoms with Gasteiger partial charge in [0.15, 0.2) is 0 Å². The number of fused-ring (bicyclic) bond motifs is 1. The normalized spacial score (nSPS) is 13.1. The second kappa shape index (κ2) is 5.56. The Kier molecular flexibility index (Phi) is 4.26. The Labute approximate surface area is 137 Å². The van der Waals surface area contributed by atoms with E-state index < -0.39 is 51.5 Å². The number of sulfonamides is 1. The quantitative estimate of drug-likeness (QED) is 0.532. The monoisotopic (exact) mass is 397 g/mol. The van der Waals surface area contributed by atoms with Crippen LogP contribution in [0.15, 0.2) is 34.1 Å². The molecular weight excluding hydrogens is 386 g/mol. The minimum absolute atomic E-state index is 0.222. The molecule has 0 amide bonds. The molecule has 0 bridgehead atoms. The maximum absolute atomic E-state index is 11.4. The summed E-state index contributed by atoms with van der Waals surface area (Å²) in [6, 6.07) is 3.04. The minimum atomic E-state index is -4.76. The van der Waals surface area contributed by atoms with Gasteiger partial charge in [0, 0.05) is 11.5 Å². The van der Waals surface area contributed by atoms with Gasteiger partial charge in [0.05, 0.1) is 21.7 Å². The third kappa shape index (κ3) is 3.93. The van der Waals surface area contributed by atoms with Crippen LogP contribution in [0.5, 0.6) is 5.75 Å². The first-order valence-electron chi connectivity index (χ1n) is 5.92. The fraction of sp³-hybridized carbons (Fsp3) is 0.0909. The van der Waals surface area contributed by atoms with Gasteiger partial charge in [-0.3, -0.25) is 13.8 Å². The molecule has 0 aromatic heterocycles. The number of benzene rings is 2. The molecule has 0 atom stereocenters. The van der Waals surface area contributed by atoms with Gasteiger partial charge in [-0.25, -0.2) is 8.42 Å². The van der Waals surface area contributed by atoms with Crippen LogP contribution in [0, 0.1) is 0 Å². The van der Waals surface area contributed by atoms with Gasteiger partial charge in [0.2, 0.25) is 10.0 Å². The smallest absolute Gasteiger partial charge is 0.294 e. The highest BCUT2D eigenvalue weighted by Gasteiger charge is 2.20. The molecule has 0 radical (unpaired) electrons. The SMILES string of the molecule is CS(=O)(=O)Nc1cc(S(=O)(=O)O)cc2cc(S(=O)(=O)O)cc(O)c12. The predicted molar refractivity (Wildman–Crippen MR) is 83.7 cm³/mol. The van der Waals surface area contributed by atoms with Gasteiger partial charge in [-0.1, -0.05) is 0 Å². The average Bonchev–Trinajstić information content (AvgIpc) is 2.33. The van der Waals surface area contributed by atoms with E-state index in [1.807, 2.05) is 4.72 Å². The molecule has 24 heavy (non-hydrogen) atoms. The van der Waals surface area contributed by atoms with Crippen LogP contribution in [-0.4, -0.2) is 45.7 Å². The van der Waals surface area contributed by atoms with Gasteiger partial charge in [-0.2, -0.15) is 16.8 Å². The minimum Gasteiger partial charge on any atom is -0.507 e. The molecule has 0 aliphatic rings. The first-order chi connectivity index (χ1) is 10.7. The molecular formula is C11H11NO9S3. The van der Waals surface area contributed by atoms with Gasteiger partial charge in [0.1, 0.15) is 5.75 Å². The van der Waals surface area contributed by atoms with Crippen LogP contribution in [0.4, 0.5) is 5.69 Å². The third-order valence-electron chi connectivity index (χ3n) is 2.87. The Morgan fingerprint density at radius 1 is 0.833 bits per heavy atom. The fourth-order valence-corrected chi connectivity index (χ4v) is 3.66. The van der Waals surface area contributed by atoms with Crippen LogP contribution >= 0.6 is 0 Å². The zero-order valence-electron chi connectivity index (χ0n) is 11.8. The van der Waals surface area contributed by atoms with Crippen LogP contribution in [-0.2, 0) is 30.3 Å². The number of nitrogens with one attached hydrogen (secondary N) is 1. The topological polar surface area (TPSA) is 175 Å². The number of rotatable bonds is 4. The highest BCUT2D eigenvalue weighted by atomic mass is 32.2. The van der Waals surface area contributed by atoms with Gasteiger partial charge >= 0.3 is 0 Å². The third-order valence-corrected chi connectivity index (χ3v) is 5.12. The van der Waals surface area contributed by atoms with Gasteiger partial charge < -0.3 is 5.11 Å². The van der Waals surface area contributed by atoms with Gasteiger partial charge in [-0.05, 0) is 23.6 Å². The number of aromatic hydroxyl groups is 1. The summed E-state index contributed by atoms with van der Waals surface area (Å²) in [5, 5.41) is 9.50. The van der Waals surface area contributed by atoms with Crippen LogP contribution < -0.4 is 4.72 Å². The molecule has 0 saturated carbocycles. The summed E-state index contributed by atoms with van der Waals surface area (Å²) >= 11 is 0. The van der Waals surface area contributed by atoms with Gasteiger partial charge in [-0.15, -0.1) is 0 Å². The van der Waals surface area contributed by atoms with E-state index in [1.165, 1.54) is 0 Å². The number of hydrogen-bond donors (Lipinski definition) is 4. The van der Waals surface area contributed by atoms with E-state index >= 15 is 0 Å². The molecule has 10 nitrogen and oxygen atoms in total. The lowest BCUT2D eigenvalue weighted by atomic mass is 10.1. The second-order valence-corrected chi connectivity index (χ2v) is 9.43. The Balaban J connectivity index is 2.99. The van der Waals surface area contributed by atoms with E-state index in [1.54, 1.807) is 0 Å². The highest BCUT2D eigenvalue weighted by molar-refractivity contribution is 7.92. The van der Waals surface area contributed by atoms with Crippen molar-refractivity contribution in [3.63, 3.8) is 0 Å². The number of phenolic OH excluding ortho intramolecular Hbond substituents is 1. The van der Waals surface area contributed by atoms with Crippen molar-refractivity contribution in [2.75, 3.05) is 11.0 Å². The van der Waals surface area contributed by atoms with Crippen molar-refractivity contribution >= 4 is 46.7 Å². The van der Waals surface area contributed by atoms with E-state index in [9.17, 15) is 30.4 Å². The molecule has 0 aliphatic heterocycles. The Morgan fingerprint density at radius 2 is 1.29 bits per heavy atom. The summed E-state index contributed by atoms with van der Waals surface area (Å²) in [5.74, 6) is -0.729. The van der Waals surface area contributed by atoms with E-state index in [0.29, 0.717) is 6.07 Å². The lowest BCUT2D eigenvalue weighted by molar-refractivity contribution is 0.471. The van der Waals surface area contributed by atoms with Crippen LogP contribution in [0.2, 0.25) is 0 Å². The van der Waals surface area contributed by atoms with Gasteiger partial charge in [0.25, 0.3) is 20.2 Å². The summed E-state index contributed by atoms with van der Waals surface area (Å²) in [4.78, 5) is -1.49. The Bertz CT molecular complexity index is 1140. The van der Waals surface area contributed by atoms with Crippen molar-refractivity contribution in [1.29, 1.82) is 0 Å². The Morgan fingerprint density at radius 3 is 1.71 bits per heavy atom. The Hall–Kier alpha value is -1.93. The van der Waals surface area contributed by atoms with E-state index in [0.717, 1.165) is 24.5 Å². The fourth-order valence-electron chi connectivity index (χ4n) is 2.02. The molecule has 0 spiro atoms. The zero-order chi connectivity index (χ0) is 18.5. The van der Waals surface area contributed by atoms with Crippen molar-refractivity contribution in [3.8, 4) is 5.75 Å². The number of phenols is 1. The molecule has 2 aromatic carbocycles. The summed E-state index contributed by atoms with van der Waals surface area (Å²) in [6.07, 6.45) is 0.766. The van der Waals surface area contributed by atoms with E-state index in [4.69, 9.17) is 9.11 Å². The maximum Gasteiger partial charge on any atom is 0.294 e.